The summed E-state index contributed by atoms with van der Waals surface area (Å²) in [4.78, 5) is 14.8. The van der Waals surface area contributed by atoms with Gasteiger partial charge in [-0.05, 0) is 48.2 Å². The second kappa shape index (κ2) is 9.22. The van der Waals surface area contributed by atoms with Crippen molar-refractivity contribution >= 4 is 17.7 Å². The van der Waals surface area contributed by atoms with Crippen LogP contribution in [0.3, 0.4) is 0 Å². The molecule has 1 aliphatic heterocycles. The molecule has 0 aliphatic carbocycles. The molecule has 138 valence electrons. The van der Waals surface area contributed by atoms with Gasteiger partial charge in [0.05, 0.1) is 0 Å². The van der Waals surface area contributed by atoms with E-state index in [1.54, 1.807) is 17.8 Å². The van der Waals surface area contributed by atoms with E-state index in [0.717, 1.165) is 17.7 Å². The third-order valence-corrected chi connectivity index (χ3v) is 6.07. The predicted octanol–water partition coefficient (Wildman–Crippen LogP) is 5.84. The van der Waals surface area contributed by atoms with Gasteiger partial charge >= 0.3 is 0 Å². The summed E-state index contributed by atoms with van der Waals surface area (Å²) in [5, 5.41) is -0.105. The minimum atomic E-state index is -0.255. The lowest BCUT2D eigenvalue weighted by Crippen LogP contribution is -2.30. The molecule has 2 aromatic carbocycles. The van der Waals surface area contributed by atoms with E-state index in [1.807, 2.05) is 23.1 Å². The Labute approximate surface area is 159 Å². The fourth-order valence-corrected chi connectivity index (χ4v) is 4.60. The third-order valence-electron chi connectivity index (χ3n) is 4.81. The molecule has 3 rings (SSSR count). The Kier molecular flexibility index (Phi) is 6.73. The summed E-state index contributed by atoms with van der Waals surface area (Å²) in [6.07, 6.45) is 6.06. The molecule has 1 aliphatic rings. The van der Waals surface area contributed by atoms with Gasteiger partial charge in [0.15, 0.2) is 0 Å². The number of hydrogen-bond acceptors (Lipinski definition) is 2. The average molecular weight is 372 g/mol. The number of halogens is 1. The van der Waals surface area contributed by atoms with Crippen LogP contribution in [0, 0.1) is 5.82 Å². The zero-order valence-corrected chi connectivity index (χ0v) is 16.1. The first kappa shape index (κ1) is 19.0. The summed E-state index contributed by atoms with van der Waals surface area (Å²) >= 11 is 1.69. The zero-order valence-electron chi connectivity index (χ0n) is 15.3. The molecule has 2 nitrogen and oxygen atoms in total. The van der Waals surface area contributed by atoms with Gasteiger partial charge in [-0.1, -0.05) is 50.5 Å². The summed E-state index contributed by atoms with van der Waals surface area (Å²) in [5.41, 5.74) is 2.86. The highest BCUT2D eigenvalue weighted by atomic mass is 32.2. The molecular weight excluding hydrogens is 345 g/mol. The average Bonchev–Trinajstić information content (AvgIpc) is 3.15. The van der Waals surface area contributed by atoms with E-state index < -0.39 is 0 Å². The standard InChI is InChI=1S/C22H26FNOS/c1-2-3-4-5-7-17-10-12-18(13-11-17)21(25)24-14-15-26-22(24)19-8-6-9-20(23)16-19/h6,8-13,16,22H,2-5,7,14-15H2,1H3/t22-/m0/s1. The molecule has 26 heavy (non-hydrogen) atoms. The normalized spacial score (nSPS) is 16.8. The SMILES string of the molecule is CCCCCCc1ccc(C(=O)N2CCS[C@H]2c2cccc(F)c2)cc1. The molecule has 0 bridgehead atoms. The lowest BCUT2D eigenvalue weighted by atomic mass is 10.0. The van der Waals surface area contributed by atoms with Crippen molar-refractivity contribution in [3.63, 3.8) is 0 Å². The topological polar surface area (TPSA) is 20.3 Å². The smallest absolute Gasteiger partial charge is 0.255 e. The van der Waals surface area contributed by atoms with E-state index >= 15 is 0 Å². The van der Waals surface area contributed by atoms with Gasteiger partial charge in [-0.15, -0.1) is 11.8 Å². The summed E-state index contributed by atoms with van der Waals surface area (Å²) in [7, 11) is 0. The van der Waals surface area contributed by atoms with Crippen LogP contribution >= 0.6 is 11.8 Å². The fourth-order valence-electron chi connectivity index (χ4n) is 3.35. The van der Waals surface area contributed by atoms with Crippen molar-refractivity contribution in [2.24, 2.45) is 0 Å². The number of thioether (sulfide) groups is 1. The van der Waals surface area contributed by atoms with Gasteiger partial charge in [-0.2, -0.15) is 0 Å². The summed E-state index contributed by atoms with van der Waals surface area (Å²) in [6, 6.07) is 14.6. The fraction of sp³-hybridized carbons (Fsp3) is 0.409. The van der Waals surface area contributed by atoms with E-state index in [0.29, 0.717) is 12.1 Å². The second-order valence-electron chi connectivity index (χ2n) is 6.78. The van der Waals surface area contributed by atoms with E-state index in [4.69, 9.17) is 0 Å². The Morgan fingerprint density at radius 3 is 2.69 bits per heavy atom. The van der Waals surface area contributed by atoms with Crippen molar-refractivity contribution in [2.75, 3.05) is 12.3 Å². The van der Waals surface area contributed by atoms with Gasteiger partial charge < -0.3 is 4.90 Å². The Balaban J connectivity index is 1.66. The van der Waals surface area contributed by atoms with Crippen LogP contribution in [0.4, 0.5) is 4.39 Å². The minimum absolute atomic E-state index is 0.0294. The number of carbonyl (C=O) groups excluding carboxylic acids is 1. The van der Waals surface area contributed by atoms with Crippen LogP contribution in [-0.4, -0.2) is 23.1 Å². The van der Waals surface area contributed by atoms with Crippen molar-refractivity contribution in [2.45, 2.75) is 44.4 Å². The molecule has 2 aromatic rings. The maximum absolute atomic E-state index is 13.6. The molecule has 1 fully saturated rings. The molecule has 0 radical (unpaired) electrons. The molecule has 1 atom stereocenters. The Hall–Kier alpha value is -1.81. The van der Waals surface area contributed by atoms with E-state index in [-0.39, 0.29) is 17.1 Å². The van der Waals surface area contributed by atoms with Crippen LogP contribution in [0.1, 0.15) is 59.5 Å². The third kappa shape index (κ3) is 4.67. The van der Waals surface area contributed by atoms with Crippen LogP contribution < -0.4 is 0 Å². The van der Waals surface area contributed by atoms with Crippen molar-refractivity contribution in [1.82, 2.24) is 4.90 Å². The van der Waals surface area contributed by atoms with Crippen LogP contribution in [0.25, 0.3) is 0 Å². The first-order chi connectivity index (χ1) is 12.7. The highest BCUT2D eigenvalue weighted by Gasteiger charge is 2.31. The van der Waals surface area contributed by atoms with Crippen LogP contribution in [-0.2, 0) is 6.42 Å². The molecule has 1 amide bonds. The highest BCUT2D eigenvalue weighted by Crippen LogP contribution is 2.38. The highest BCUT2D eigenvalue weighted by molar-refractivity contribution is 7.99. The van der Waals surface area contributed by atoms with Crippen molar-refractivity contribution in [1.29, 1.82) is 0 Å². The van der Waals surface area contributed by atoms with E-state index in [2.05, 4.69) is 19.1 Å². The maximum Gasteiger partial charge on any atom is 0.255 e. The van der Waals surface area contributed by atoms with E-state index in [1.165, 1.54) is 43.4 Å². The monoisotopic (exact) mass is 371 g/mol. The zero-order chi connectivity index (χ0) is 18.4. The lowest BCUT2D eigenvalue weighted by Gasteiger charge is -2.24. The molecule has 0 spiro atoms. The molecule has 1 saturated heterocycles. The van der Waals surface area contributed by atoms with Gasteiger partial charge in [0.2, 0.25) is 0 Å². The molecule has 0 N–H and O–H groups in total. The van der Waals surface area contributed by atoms with Gasteiger partial charge in [0.1, 0.15) is 11.2 Å². The number of nitrogens with zero attached hydrogens (tertiary/aromatic N) is 1. The Morgan fingerprint density at radius 2 is 1.96 bits per heavy atom. The number of hydrogen-bond donors (Lipinski definition) is 0. The van der Waals surface area contributed by atoms with Crippen molar-refractivity contribution in [3.8, 4) is 0 Å². The number of benzene rings is 2. The summed E-state index contributed by atoms with van der Waals surface area (Å²) in [6.45, 7) is 2.91. The van der Waals surface area contributed by atoms with Crippen LogP contribution in [0.5, 0.6) is 0 Å². The summed E-state index contributed by atoms with van der Waals surface area (Å²) < 4.78 is 13.6. The lowest BCUT2D eigenvalue weighted by molar-refractivity contribution is 0.0760. The first-order valence-corrected chi connectivity index (χ1v) is 10.5. The van der Waals surface area contributed by atoms with E-state index in [9.17, 15) is 9.18 Å². The van der Waals surface area contributed by atoms with Crippen LogP contribution in [0.2, 0.25) is 0 Å². The van der Waals surface area contributed by atoms with Crippen LogP contribution in [0.15, 0.2) is 48.5 Å². The number of amides is 1. The van der Waals surface area contributed by atoms with Gasteiger partial charge in [-0.3, -0.25) is 4.79 Å². The van der Waals surface area contributed by atoms with Gasteiger partial charge in [-0.25, -0.2) is 4.39 Å². The predicted molar refractivity (Wildman–Crippen MR) is 107 cm³/mol. The molecular formula is C22H26FNOS. The molecule has 1 heterocycles. The molecule has 4 heteroatoms. The maximum atomic E-state index is 13.6. The second-order valence-corrected chi connectivity index (χ2v) is 7.97. The van der Waals surface area contributed by atoms with Crippen molar-refractivity contribution in [3.05, 3.63) is 71.0 Å². The quantitative estimate of drug-likeness (QED) is 0.570. The number of carbonyl (C=O) groups is 1. The number of unbranched alkanes of at least 4 members (excludes halogenated alkanes) is 3. The number of rotatable bonds is 7. The van der Waals surface area contributed by atoms with Gasteiger partial charge in [0.25, 0.3) is 5.91 Å². The summed E-state index contributed by atoms with van der Waals surface area (Å²) in [5.74, 6) is 0.652. The Morgan fingerprint density at radius 1 is 1.15 bits per heavy atom. The van der Waals surface area contributed by atoms with Crippen molar-refractivity contribution < 1.29 is 9.18 Å². The first-order valence-electron chi connectivity index (χ1n) is 9.46. The largest absolute Gasteiger partial charge is 0.322 e. The Bertz CT molecular complexity index is 731. The van der Waals surface area contributed by atoms with Gasteiger partial charge in [0, 0.05) is 17.9 Å². The molecule has 0 unspecified atom stereocenters. The molecule has 0 saturated carbocycles. The number of aryl methyl sites for hydroxylation is 1. The minimum Gasteiger partial charge on any atom is -0.322 e. The molecule has 0 aromatic heterocycles.